The Balaban J connectivity index is 2.01. The van der Waals surface area contributed by atoms with Gasteiger partial charge in [0, 0.05) is 16.7 Å². The maximum absolute atomic E-state index is 13.0. The molecule has 0 fully saturated rings. The fourth-order valence-corrected chi connectivity index (χ4v) is 5.33. The van der Waals surface area contributed by atoms with Crippen LogP contribution in [-0.4, -0.2) is 5.97 Å². The minimum atomic E-state index is -0.828. The van der Waals surface area contributed by atoms with E-state index in [1.807, 2.05) is 6.92 Å². The van der Waals surface area contributed by atoms with Gasteiger partial charge in [-0.15, -0.1) is 0 Å². The third-order valence-corrected chi connectivity index (χ3v) is 7.39. The summed E-state index contributed by atoms with van der Waals surface area (Å²) in [6.07, 6.45) is 0. The summed E-state index contributed by atoms with van der Waals surface area (Å²) in [6, 6.07) is 15.6. The lowest BCUT2D eigenvalue weighted by Gasteiger charge is -2.30. The van der Waals surface area contributed by atoms with Gasteiger partial charge in [0.25, 0.3) is 0 Å². The van der Waals surface area contributed by atoms with Crippen LogP contribution >= 0.6 is 0 Å². The second-order valence-corrected chi connectivity index (χ2v) is 10.5. The molecule has 0 spiro atoms. The van der Waals surface area contributed by atoms with Crippen LogP contribution in [0, 0.1) is 20.8 Å². The summed E-state index contributed by atoms with van der Waals surface area (Å²) >= 11 is 0. The maximum atomic E-state index is 13.0. The van der Waals surface area contributed by atoms with Crippen molar-refractivity contribution in [3.8, 4) is 11.1 Å². The second-order valence-electron chi connectivity index (χ2n) is 10.5. The summed E-state index contributed by atoms with van der Waals surface area (Å²) in [6.45, 7) is 19.3. The number of cyclic esters (lactones) is 1. The SMILES string of the molecule is CC1=C(c2cc(C)c3cc(C(C)C)ccc(C)c2-3)C(C)(c2cc(C(C)C)ccc2C)OC1=O. The molecule has 1 aromatic carbocycles. The predicted octanol–water partition coefficient (Wildman–Crippen LogP) is 8.21. The fraction of sp³-hybridized carbons (Fsp3) is 0.387. The number of rotatable bonds is 4. The van der Waals surface area contributed by atoms with Crippen LogP contribution in [0.2, 0.25) is 0 Å². The molecule has 1 aromatic rings. The molecule has 0 saturated heterocycles. The average Bonchev–Trinajstić information content (AvgIpc) is 3.08. The van der Waals surface area contributed by atoms with Crippen molar-refractivity contribution >= 4 is 11.5 Å². The first-order valence-electron chi connectivity index (χ1n) is 12.1. The van der Waals surface area contributed by atoms with Crippen LogP contribution < -0.4 is 0 Å². The summed E-state index contributed by atoms with van der Waals surface area (Å²) in [5.74, 6) is 0.618. The third kappa shape index (κ3) is 3.70. The van der Waals surface area contributed by atoms with Crippen LogP contribution in [0.4, 0.5) is 0 Å². The van der Waals surface area contributed by atoms with Gasteiger partial charge in [-0.25, -0.2) is 4.79 Å². The maximum Gasteiger partial charge on any atom is 0.335 e. The summed E-state index contributed by atoms with van der Waals surface area (Å²) in [5.41, 5.74) is 11.7. The monoisotopic (exact) mass is 440 g/mol. The minimum absolute atomic E-state index is 0.227. The van der Waals surface area contributed by atoms with Crippen molar-refractivity contribution in [2.24, 2.45) is 0 Å². The van der Waals surface area contributed by atoms with E-state index in [0.29, 0.717) is 17.4 Å². The van der Waals surface area contributed by atoms with Gasteiger partial charge in [-0.05, 0) is 91.0 Å². The minimum Gasteiger partial charge on any atom is -0.446 e. The Morgan fingerprint density at radius 3 is 1.91 bits per heavy atom. The van der Waals surface area contributed by atoms with E-state index >= 15 is 0 Å². The highest BCUT2D eigenvalue weighted by Crippen LogP contribution is 2.52. The van der Waals surface area contributed by atoms with Gasteiger partial charge in [0.05, 0.1) is 0 Å². The van der Waals surface area contributed by atoms with E-state index in [9.17, 15) is 4.79 Å². The average molecular weight is 441 g/mol. The standard InChI is InChI=1S/C31H36O2/c1-17(2)23-13-11-20(6)28-25(15-23)21(7)14-26(28)29-22(8)30(32)33-31(29,9)27-16-24(18(3)4)12-10-19(27)5/h10-18H,1-9H3. The van der Waals surface area contributed by atoms with Gasteiger partial charge in [-0.1, -0.05) is 70.2 Å². The number of carbonyl (C=O) groups is 1. The molecule has 2 nitrogen and oxygen atoms in total. The van der Waals surface area contributed by atoms with Crippen molar-refractivity contribution in [2.45, 2.75) is 79.8 Å². The molecule has 4 rings (SSSR count). The highest BCUT2D eigenvalue weighted by molar-refractivity contribution is 6.07. The Morgan fingerprint density at radius 1 is 0.727 bits per heavy atom. The molecular weight excluding hydrogens is 404 g/mol. The number of hydrogen-bond acceptors (Lipinski definition) is 2. The summed E-state index contributed by atoms with van der Waals surface area (Å²) in [5, 5.41) is 0. The molecule has 0 N–H and O–H groups in total. The topological polar surface area (TPSA) is 26.3 Å². The number of fused-ring (bicyclic) bond motifs is 1. The van der Waals surface area contributed by atoms with E-state index in [1.165, 1.54) is 33.4 Å². The van der Waals surface area contributed by atoms with Crippen LogP contribution in [0.1, 0.15) is 92.3 Å². The molecule has 0 radical (unpaired) electrons. The van der Waals surface area contributed by atoms with E-state index in [4.69, 9.17) is 4.74 Å². The van der Waals surface area contributed by atoms with Crippen LogP contribution in [-0.2, 0) is 15.1 Å². The molecule has 3 aliphatic rings. The van der Waals surface area contributed by atoms with Crippen molar-refractivity contribution in [3.05, 3.63) is 87.0 Å². The molecule has 33 heavy (non-hydrogen) atoms. The first-order chi connectivity index (χ1) is 15.5. The van der Waals surface area contributed by atoms with Crippen molar-refractivity contribution in [1.82, 2.24) is 0 Å². The third-order valence-electron chi connectivity index (χ3n) is 7.39. The molecule has 1 atom stereocenters. The molecule has 1 heterocycles. The second kappa shape index (κ2) is 8.17. The number of hydrogen-bond donors (Lipinski definition) is 0. The van der Waals surface area contributed by atoms with Crippen LogP contribution in [0.25, 0.3) is 16.7 Å². The molecule has 0 saturated carbocycles. The van der Waals surface area contributed by atoms with Crippen LogP contribution in [0.15, 0.2) is 48.0 Å². The van der Waals surface area contributed by atoms with Gasteiger partial charge in [0.15, 0.2) is 5.60 Å². The van der Waals surface area contributed by atoms with Gasteiger partial charge in [-0.2, -0.15) is 0 Å². The molecule has 2 aliphatic carbocycles. The van der Waals surface area contributed by atoms with Crippen molar-refractivity contribution in [3.63, 3.8) is 0 Å². The molecule has 1 aliphatic heterocycles. The lowest BCUT2D eigenvalue weighted by atomic mass is 9.79. The first kappa shape index (κ1) is 23.3. The van der Waals surface area contributed by atoms with Gasteiger partial charge in [0.2, 0.25) is 0 Å². The van der Waals surface area contributed by atoms with Gasteiger partial charge in [0.1, 0.15) is 0 Å². The predicted molar refractivity (Wildman–Crippen MR) is 138 cm³/mol. The van der Waals surface area contributed by atoms with E-state index in [2.05, 4.69) is 97.9 Å². The Labute approximate surface area is 199 Å². The highest BCUT2D eigenvalue weighted by atomic mass is 16.6. The zero-order valence-corrected chi connectivity index (χ0v) is 21.5. The normalized spacial score (nSPS) is 18.7. The highest BCUT2D eigenvalue weighted by Gasteiger charge is 2.46. The Bertz CT molecular complexity index is 1260. The molecule has 172 valence electrons. The quantitative estimate of drug-likeness (QED) is 0.382. The van der Waals surface area contributed by atoms with E-state index < -0.39 is 5.60 Å². The van der Waals surface area contributed by atoms with Crippen LogP contribution in [0.3, 0.4) is 0 Å². The molecule has 2 heteroatoms. The van der Waals surface area contributed by atoms with E-state index in [-0.39, 0.29) is 5.97 Å². The molecule has 0 amide bonds. The Kier molecular flexibility index (Phi) is 5.76. The Morgan fingerprint density at radius 2 is 1.30 bits per heavy atom. The number of carbonyl (C=O) groups excluding carboxylic acids is 1. The van der Waals surface area contributed by atoms with Crippen LogP contribution in [0.5, 0.6) is 0 Å². The summed E-state index contributed by atoms with van der Waals surface area (Å²) in [4.78, 5) is 13.0. The lowest BCUT2D eigenvalue weighted by molar-refractivity contribution is -0.145. The summed E-state index contributed by atoms with van der Waals surface area (Å²) < 4.78 is 6.20. The number of benzene rings is 1. The lowest BCUT2D eigenvalue weighted by Crippen LogP contribution is -2.26. The molecule has 1 unspecified atom stereocenters. The number of esters is 1. The first-order valence-corrected chi connectivity index (χ1v) is 12.1. The van der Waals surface area contributed by atoms with Gasteiger partial charge in [-0.3, -0.25) is 0 Å². The molecule has 0 bridgehead atoms. The van der Waals surface area contributed by atoms with Gasteiger partial charge >= 0.3 is 5.97 Å². The smallest absolute Gasteiger partial charge is 0.335 e. The van der Waals surface area contributed by atoms with E-state index in [0.717, 1.165) is 22.3 Å². The molecule has 0 aromatic heterocycles. The van der Waals surface area contributed by atoms with Crippen molar-refractivity contribution in [1.29, 1.82) is 0 Å². The zero-order valence-electron chi connectivity index (χ0n) is 21.5. The largest absolute Gasteiger partial charge is 0.446 e. The van der Waals surface area contributed by atoms with E-state index in [1.54, 1.807) is 0 Å². The zero-order chi connectivity index (χ0) is 24.2. The Hall–Kier alpha value is -2.87. The fourth-order valence-electron chi connectivity index (χ4n) is 5.33. The number of aryl methyl sites for hydroxylation is 3. The van der Waals surface area contributed by atoms with Gasteiger partial charge < -0.3 is 4.74 Å². The molecular formula is C31H36O2. The number of ether oxygens (including phenoxy) is 1. The van der Waals surface area contributed by atoms with Crippen molar-refractivity contribution in [2.75, 3.05) is 0 Å². The summed E-state index contributed by atoms with van der Waals surface area (Å²) in [7, 11) is 0. The van der Waals surface area contributed by atoms with Crippen molar-refractivity contribution < 1.29 is 9.53 Å².